The molecule has 2 heterocycles. The van der Waals surface area contributed by atoms with Gasteiger partial charge in [0.2, 0.25) is 15.9 Å². The van der Waals surface area contributed by atoms with Crippen LogP contribution < -0.4 is 5.32 Å². The third-order valence-electron chi connectivity index (χ3n) is 5.32. The average Bonchev–Trinajstić information content (AvgIpc) is 3.48. The van der Waals surface area contributed by atoms with Crippen LogP contribution in [0.2, 0.25) is 0 Å². The van der Waals surface area contributed by atoms with E-state index >= 15 is 0 Å². The van der Waals surface area contributed by atoms with E-state index in [1.807, 2.05) is 4.57 Å². The Kier molecular flexibility index (Phi) is 5.54. The maximum absolute atomic E-state index is 13.1. The second-order valence-electron chi connectivity index (χ2n) is 7.42. The van der Waals surface area contributed by atoms with Crippen LogP contribution in [0.1, 0.15) is 37.5 Å². The van der Waals surface area contributed by atoms with E-state index in [4.69, 9.17) is 12.2 Å². The lowest BCUT2D eigenvalue weighted by atomic mass is 9.99. The van der Waals surface area contributed by atoms with Crippen LogP contribution in [0.25, 0.3) is 0 Å². The monoisotopic (exact) mass is 439 g/mol. The van der Waals surface area contributed by atoms with Gasteiger partial charge in [-0.15, -0.1) is 0 Å². The summed E-state index contributed by atoms with van der Waals surface area (Å²) in [5, 5.41) is 9.81. The van der Waals surface area contributed by atoms with Gasteiger partial charge in [0.25, 0.3) is 0 Å². The summed E-state index contributed by atoms with van der Waals surface area (Å²) >= 11 is 5.24. The number of halogens is 1. The normalized spacial score (nSPS) is 20.5. The van der Waals surface area contributed by atoms with Crippen LogP contribution in [0.15, 0.2) is 29.2 Å². The molecule has 0 bridgehead atoms. The first-order valence-corrected chi connectivity index (χ1v) is 11.4. The maximum Gasteiger partial charge on any atom is 0.243 e. The van der Waals surface area contributed by atoms with E-state index in [0.717, 1.165) is 25.0 Å². The van der Waals surface area contributed by atoms with Gasteiger partial charge in [0.15, 0.2) is 10.6 Å². The van der Waals surface area contributed by atoms with Crippen molar-refractivity contribution in [2.24, 2.45) is 5.92 Å². The number of aromatic amines is 1. The Hall–Kier alpha value is -2.11. The van der Waals surface area contributed by atoms with Crippen LogP contribution in [0, 0.1) is 16.5 Å². The number of benzene rings is 1. The zero-order valence-electron chi connectivity index (χ0n) is 15.7. The van der Waals surface area contributed by atoms with Crippen LogP contribution in [0.5, 0.6) is 0 Å². The topological polar surface area (TPSA) is 100 Å². The number of H-pyrrole nitrogens is 1. The van der Waals surface area contributed by atoms with Crippen molar-refractivity contribution < 1.29 is 17.6 Å². The molecule has 2 aliphatic rings. The van der Waals surface area contributed by atoms with E-state index in [0.29, 0.717) is 36.0 Å². The van der Waals surface area contributed by atoms with Crippen molar-refractivity contribution >= 4 is 28.1 Å². The number of hydrogen-bond donors (Lipinski definition) is 2. The largest absolute Gasteiger partial charge is 0.349 e. The van der Waals surface area contributed by atoms with E-state index in [-0.39, 0.29) is 23.9 Å². The van der Waals surface area contributed by atoms with Gasteiger partial charge in [-0.2, -0.15) is 9.40 Å². The minimum Gasteiger partial charge on any atom is -0.349 e. The summed E-state index contributed by atoms with van der Waals surface area (Å²) < 4.78 is 42.5. The van der Waals surface area contributed by atoms with E-state index in [9.17, 15) is 17.6 Å². The highest BCUT2D eigenvalue weighted by molar-refractivity contribution is 7.89. The highest BCUT2D eigenvalue weighted by atomic mass is 32.2. The lowest BCUT2D eigenvalue weighted by molar-refractivity contribution is -0.126. The summed E-state index contributed by atoms with van der Waals surface area (Å²) in [6.45, 7) is 0.675. The zero-order chi connectivity index (χ0) is 20.6. The molecule has 1 saturated heterocycles. The van der Waals surface area contributed by atoms with Crippen LogP contribution >= 0.6 is 12.2 Å². The molecule has 4 rings (SSSR count). The highest BCUT2D eigenvalue weighted by Gasteiger charge is 2.33. The third-order valence-corrected chi connectivity index (χ3v) is 7.48. The van der Waals surface area contributed by atoms with Crippen LogP contribution in [0.4, 0.5) is 4.39 Å². The van der Waals surface area contributed by atoms with Crippen LogP contribution in [0.3, 0.4) is 0 Å². The molecule has 0 spiro atoms. The summed E-state index contributed by atoms with van der Waals surface area (Å²) in [4.78, 5) is 12.7. The van der Waals surface area contributed by atoms with Gasteiger partial charge in [-0.05, 0) is 62.2 Å². The lowest BCUT2D eigenvalue weighted by Gasteiger charge is -2.31. The Morgan fingerprint density at radius 3 is 2.69 bits per heavy atom. The van der Waals surface area contributed by atoms with Gasteiger partial charge in [0.05, 0.1) is 17.4 Å². The fourth-order valence-electron chi connectivity index (χ4n) is 3.61. The molecule has 29 heavy (non-hydrogen) atoms. The van der Waals surface area contributed by atoms with Crippen molar-refractivity contribution in [1.29, 1.82) is 0 Å². The quantitative estimate of drug-likeness (QED) is 0.672. The number of piperidine rings is 1. The zero-order valence-corrected chi connectivity index (χ0v) is 17.3. The predicted molar refractivity (Wildman–Crippen MR) is 105 cm³/mol. The van der Waals surface area contributed by atoms with Crippen molar-refractivity contribution in [1.82, 2.24) is 24.4 Å². The number of aromatic nitrogens is 3. The SMILES string of the molecule is O=C(NCc1n[nH]c(=S)n1C1CC1)C1CCCN(S(=O)(=O)c2ccc(F)cc2)C1. The van der Waals surface area contributed by atoms with E-state index in [2.05, 4.69) is 15.5 Å². The van der Waals surface area contributed by atoms with Crippen molar-refractivity contribution in [2.75, 3.05) is 13.1 Å². The van der Waals surface area contributed by atoms with Gasteiger partial charge in [-0.3, -0.25) is 14.5 Å². The van der Waals surface area contributed by atoms with E-state index in [1.165, 1.54) is 16.4 Å². The molecule has 2 aromatic rings. The molecule has 1 aromatic carbocycles. The molecule has 1 amide bonds. The van der Waals surface area contributed by atoms with E-state index in [1.54, 1.807) is 0 Å². The number of carbonyl (C=O) groups is 1. The molecular formula is C18H22FN5O3S2. The van der Waals surface area contributed by atoms with Crippen molar-refractivity contribution in [3.8, 4) is 0 Å². The van der Waals surface area contributed by atoms with Crippen LogP contribution in [-0.4, -0.2) is 46.5 Å². The molecule has 1 saturated carbocycles. The van der Waals surface area contributed by atoms with Gasteiger partial charge in [0, 0.05) is 19.1 Å². The minimum atomic E-state index is -3.77. The number of sulfonamides is 1. The maximum atomic E-state index is 13.1. The molecule has 1 aromatic heterocycles. The summed E-state index contributed by atoms with van der Waals surface area (Å²) in [5.74, 6) is -0.475. The fraction of sp³-hybridized carbons (Fsp3) is 0.500. The Labute approximate surface area is 173 Å². The molecular weight excluding hydrogens is 417 g/mol. The van der Waals surface area contributed by atoms with Gasteiger partial charge < -0.3 is 5.32 Å². The number of hydrogen-bond acceptors (Lipinski definition) is 5. The second kappa shape index (κ2) is 7.96. The summed E-state index contributed by atoms with van der Waals surface area (Å²) in [5.41, 5.74) is 0. The molecule has 156 valence electrons. The number of carbonyl (C=O) groups excluding carboxylic acids is 1. The molecule has 11 heteroatoms. The standard InChI is InChI=1S/C18H22FN5O3S2/c19-13-3-7-15(8-4-13)29(26,27)23-9-1-2-12(11-23)17(25)20-10-16-21-22-18(28)24(16)14-5-6-14/h3-4,7-8,12,14H,1-2,5-6,9-11H2,(H,20,25)(H,22,28). The fourth-order valence-corrected chi connectivity index (χ4v) is 5.44. The Bertz CT molecular complexity index is 1060. The first-order valence-electron chi connectivity index (χ1n) is 9.55. The van der Waals surface area contributed by atoms with Crippen LogP contribution in [-0.2, 0) is 21.4 Å². The molecule has 1 unspecified atom stereocenters. The number of nitrogens with one attached hydrogen (secondary N) is 2. The molecule has 2 N–H and O–H groups in total. The molecule has 1 aliphatic carbocycles. The van der Waals surface area contributed by atoms with Gasteiger partial charge in [-0.25, -0.2) is 12.8 Å². The Morgan fingerprint density at radius 2 is 2.00 bits per heavy atom. The highest BCUT2D eigenvalue weighted by Crippen LogP contribution is 2.35. The lowest BCUT2D eigenvalue weighted by Crippen LogP contribution is -2.45. The van der Waals surface area contributed by atoms with Gasteiger partial charge in [0.1, 0.15) is 5.82 Å². The average molecular weight is 440 g/mol. The predicted octanol–water partition coefficient (Wildman–Crippen LogP) is 2.13. The molecule has 0 radical (unpaired) electrons. The minimum absolute atomic E-state index is 0.0277. The third kappa shape index (κ3) is 4.26. The molecule has 1 atom stereocenters. The van der Waals surface area contributed by atoms with Crippen molar-refractivity contribution in [3.63, 3.8) is 0 Å². The summed E-state index contributed by atoms with van der Waals surface area (Å²) in [6, 6.07) is 5.07. The Morgan fingerprint density at radius 1 is 1.28 bits per heavy atom. The molecule has 8 nitrogen and oxygen atoms in total. The van der Waals surface area contributed by atoms with Crippen molar-refractivity contribution in [3.05, 3.63) is 40.7 Å². The first-order chi connectivity index (χ1) is 13.9. The number of amides is 1. The van der Waals surface area contributed by atoms with Crippen molar-refractivity contribution in [2.45, 2.75) is 43.2 Å². The summed E-state index contributed by atoms with van der Waals surface area (Å²) in [7, 11) is -3.77. The van der Waals surface area contributed by atoms with Gasteiger partial charge >= 0.3 is 0 Å². The molecule has 2 fully saturated rings. The van der Waals surface area contributed by atoms with E-state index < -0.39 is 21.8 Å². The molecule has 1 aliphatic heterocycles. The second-order valence-corrected chi connectivity index (χ2v) is 9.74. The smallest absolute Gasteiger partial charge is 0.243 e. The number of rotatable bonds is 6. The summed E-state index contributed by atoms with van der Waals surface area (Å²) in [6.07, 6.45) is 3.29. The Balaban J connectivity index is 1.41. The first kappa shape index (κ1) is 20.2. The van der Waals surface area contributed by atoms with Gasteiger partial charge in [-0.1, -0.05) is 0 Å². The number of nitrogens with zero attached hydrogens (tertiary/aromatic N) is 3.